The van der Waals surface area contributed by atoms with Gasteiger partial charge in [0.2, 0.25) is 5.43 Å². The third-order valence-electron chi connectivity index (χ3n) is 5.99. The molecule has 2 N–H and O–H groups in total. The molecule has 1 amide bonds. The van der Waals surface area contributed by atoms with Crippen molar-refractivity contribution in [3.8, 4) is 5.75 Å². The molecule has 0 atom stereocenters. The molecule has 0 aromatic carbocycles. The van der Waals surface area contributed by atoms with E-state index in [1.807, 2.05) is 0 Å². The molecule has 1 aromatic rings. The maximum Gasteiger partial charge on any atom is 0.341 e. The highest BCUT2D eigenvalue weighted by Gasteiger charge is 2.32. The summed E-state index contributed by atoms with van der Waals surface area (Å²) in [6.07, 6.45) is 14.5. The average molecular weight is 466 g/mol. The zero-order valence-corrected chi connectivity index (χ0v) is 20.1. The predicted octanol–water partition coefficient (Wildman–Crippen LogP) is 3.56. The third-order valence-corrected chi connectivity index (χ3v) is 5.99. The molecule has 186 valence electrons. The van der Waals surface area contributed by atoms with Gasteiger partial charge >= 0.3 is 5.97 Å². The lowest BCUT2D eigenvalue weighted by atomic mass is 10.1. The second kappa shape index (κ2) is 13.9. The van der Waals surface area contributed by atoms with Crippen LogP contribution < -0.4 is 10.4 Å². The summed E-state index contributed by atoms with van der Waals surface area (Å²) < 4.78 is 6.91. The van der Waals surface area contributed by atoms with Crippen molar-refractivity contribution in [1.82, 2.24) is 9.58 Å². The Kier molecular flexibility index (Phi) is 11.2. The number of carboxylic acids is 1. The second-order valence-electron chi connectivity index (χ2n) is 8.73. The number of pyridine rings is 1. The molecule has 0 spiro atoms. The molecular formula is C24H39N3O6. The van der Waals surface area contributed by atoms with E-state index in [-0.39, 0.29) is 12.4 Å². The first-order valence-electron chi connectivity index (χ1n) is 12.2. The number of unbranched alkanes of at least 4 members (excludes halogenated alkanes) is 9. The van der Waals surface area contributed by atoms with Crippen molar-refractivity contribution in [2.24, 2.45) is 0 Å². The minimum absolute atomic E-state index is 0.214. The number of aromatic hydroxyl groups is 1. The van der Waals surface area contributed by atoms with E-state index in [1.54, 1.807) is 12.1 Å². The molecule has 0 radical (unpaired) electrons. The van der Waals surface area contributed by atoms with E-state index in [0.29, 0.717) is 26.2 Å². The Morgan fingerprint density at radius 1 is 0.970 bits per heavy atom. The standard InChI is InChI=1S/C24H39N3O6/c1-3-4-5-6-7-8-9-10-11-12-15-33-16-13-14-26-18-25(2)27-17-19(24(31)32)21(28)22(29)20(27)23(26)30/h17,29H,3-16,18H2,1-2H3,(H,31,32). The Hall–Kier alpha value is -2.55. The quantitative estimate of drug-likeness (QED) is 0.359. The van der Waals surface area contributed by atoms with E-state index in [2.05, 4.69) is 6.92 Å². The van der Waals surface area contributed by atoms with Crippen LogP contribution in [0.4, 0.5) is 0 Å². The minimum Gasteiger partial charge on any atom is -0.502 e. The molecule has 0 fully saturated rings. The lowest BCUT2D eigenvalue weighted by molar-refractivity contribution is 0.0643. The topological polar surface area (TPSA) is 112 Å². The molecule has 2 heterocycles. The summed E-state index contributed by atoms with van der Waals surface area (Å²) in [5.74, 6) is -2.79. The van der Waals surface area contributed by atoms with Crippen LogP contribution in [0.15, 0.2) is 11.0 Å². The van der Waals surface area contributed by atoms with E-state index in [9.17, 15) is 19.5 Å². The summed E-state index contributed by atoms with van der Waals surface area (Å²) in [5.41, 5.74) is -1.85. The Morgan fingerprint density at radius 3 is 2.15 bits per heavy atom. The maximum absolute atomic E-state index is 12.8. The number of carboxylic acid groups (broad SMARTS) is 1. The van der Waals surface area contributed by atoms with Gasteiger partial charge in [-0.15, -0.1) is 0 Å². The lowest BCUT2D eigenvalue weighted by Gasteiger charge is -2.37. The van der Waals surface area contributed by atoms with Crippen LogP contribution in [0.2, 0.25) is 0 Å². The van der Waals surface area contributed by atoms with Crippen LogP contribution in [-0.2, 0) is 4.74 Å². The Morgan fingerprint density at radius 2 is 1.55 bits per heavy atom. The highest BCUT2D eigenvalue weighted by molar-refractivity contribution is 5.97. The average Bonchev–Trinajstić information content (AvgIpc) is 2.78. The van der Waals surface area contributed by atoms with Crippen LogP contribution in [0.25, 0.3) is 0 Å². The molecule has 0 aliphatic carbocycles. The van der Waals surface area contributed by atoms with E-state index in [4.69, 9.17) is 9.84 Å². The van der Waals surface area contributed by atoms with Gasteiger partial charge in [-0.25, -0.2) is 4.79 Å². The largest absolute Gasteiger partial charge is 0.502 e. The number of fused-ring (bicyclic) bond motifs is 1. The molecule has 1 aromatic heterocycles. The first kappa shape index (κ1) is 26.7. The number of ether oxygens (including phenoxy) is 1. The van der Waals surface area contributed by atoms with E-state index in [0.717, 1.165) is 12.6 Å². The van der Waals surface area contributed by atoms with Gasteiger partial charge in [-0.1, -0.05) is 64.7 Å². The Labute approximate surface area is 195 Å². The molecule has 2 rings (SSSR count). The molecular weight excluding hydrogens is 426 g/mol. The smallest absolute Gasteiger partial charge is 0.341 e. The molecule has 0 unspecified atom stereocenters. The normalized spacial score (nSPS) is 13.5. The number of hydrogen-bond acceptors (Lipinski definition) is 6. The number of carbonyl (C=O) groups is 2. The summed E-state index contributed by atoms with van der Waals surface area (Å²) in [6, 6.07) is 0. The highest BCUT2D eigenvalue weighted by Crippen LogP contribution is 2.20. The first-order valence-corrected chi connectivity index (χ1v) is 12.2. The Bertz CT molecular complexity index is 838. The van der Waals surface area contributed by atoms with Crippen LogP contribution in [0.1, 0.15) is 98.4 Å². The van der Waals surface area contributed by atoms with Crippen molar-refractivity contribution >= 4 is 11.9 Å². The maximum atomic E-state index is 12.8. The molecule has 1 aliphatic rings. The van der Waals surface area contributed by atoms with E-state index < -0.39 is 28.6 Å². The van der Waals surface area contributed by atoms with Crippen molar-refractivity contribution in [2.45, 2.75) is 77.6 Å². The van der Waals surface area contributed by atoms with Gasteiger partial charge in [0, 0.05) is 33.0 Å². The molecule has 0 bridgehead atoms. The highest BCUT2D eigenvalue weighted by atomic mass is 16.5. The first-order chi connectivity index (χ1) is 15.9. The van der Waals surface area contributed by atoms with E-state index >= 15 is 0 Å². The fourth-order valence-electron chi connectivity index (χ4n) is 4.06. The van der Waals surface area contributed by atoms with E-state index in [1.165, 1.54) is 67.4 Å². The van der Waals surface area contributed by atoms with Gasteiger partial charge in [0.1, 0.15) is 12.2 Å². The predicted molar refractivity (Wildman–Crippen MR) is 127 cm³/mol. The van der Waals surface area contributed by atoms with Crippen molar-refractivity contribution in [3.63, 3.8) is 0 Å². The Balaban J connectivity index is 1.65. The second-order valence-corrected chi connectivity index (χ2v) is 8.73. The molecule has 0 saturated carbocycles. The molecule has 9 nitrogen and oxygen atoms in total. The van der Waals surface area contributed by atoms with Gasteiger partial charge in [0.25, 0.3) is 5.91 Å². The molecule has 0 saturated heterocycles. The fraction of sp³-hybridized carbons (Fsp3) is 0.708. The fourth-order valence-corrected chi connectivity index (χ4v) is 4.06. The van der Waals surface area contributed by atoms with Crippen molar-refractivity contribution in [1.29, 1.82) is 0 Å². The van der Waals surface area contributed by atoms with Crippen LogP contribution >= 0.6 is 0 Å². The number of hydrogen-bond donors (Lipinski definition) is 2. The number of nitrogens with zero attached hydrogens (tertiary/aromatic N) is 3. The molecule has 33 heavy (non-hydrogen) atoms. The van der Waals surface area contributed by atoms with Crippen LogP contribution in [0.3, 0.4) is 0 Å². The van der Waals surface area contributed by atoms with Crippen LogP contribution in [0.5, 0.6) is 5.75 Å². The van der Waals surface area contributed by atoms with Gasteiger partial charge in [-0.2, -0.15) is 0 Å². The van der Waals surface area contributed by atoms with Gasteiger partial charge in [-0.3, -0.25) is 19.3 Å². The number of rotatable bonds is 16. The van der Waals surface area contributed by atoms with Crippen molar-refractivity contribution < 1.29 is 24.5 Å². The summed E-state index contributed by atoms with van der Waals surface area (Å²) in [4.78, 5) is 37.6. The van der Waals surface area contributed by atoms with Gasteiger partial charge in [0.15, 0.2) is 11.4 Å². The summed E-state index contributed by atoms with van der Waals surface area (Å²) >= 11 is 0. The summed E-state index contributed by atoms with van der Waals surface area (Å²) in [7, 11) is 1.65. The van der Waals surface area contributed by atoms with Crippen LogP contribution in [0, 0.1) is 0 Å². The SMILES string of the molecule is CCCCCCCCCCCCOCCCN1CN(C)n2cc(C(=O)O)c(=O)c(O)c2C1=O. The number of amides is 1. The molecule has 1 aliphatic heterocycles. The minimum atomic E-state index is -1.45. The number of aromatic nitrogens is 1. The monoisotopic (exact) mass is 465 g/mol. The number of carbonyl (C=O) groups excluding carboxylic acids is 1. The van der Waals surface area contributed by atoms with Gasteiger partial charge in [-0.05, 0) is 12.8 Å². The third kappa shape index (κ3) is 7.77. The van der Waals surface area contributed by atoms with Crippen molar-refractivity contribution in [2.75, 3.05) is 38.5 Å². The van der Waals surface area contributed by atoms with Gasteiger partial charge < -0.3 is 19.8 Å². The summed E-state index contributed by atoms with van der Waals surface area (Å²) in [6.45, 7) is 4.10. The van der Waals surface area contributed by atoms with Crippen LogP contribution in [-0.4, -0.2) is 65.1 Å². The number of aromatic carboxylic acids is 1. The van der Waals surface area contributed by atoms with Crippen molar-refractivity contribution in [3.05, 3.63) is 27.7 Å². The molecule has 9 heteroatoms. The zero-order valence-electron chi connectivity index (χ0n) is 20.1. The lowest BCUT2D eigenvalue weighted by Crippen LogP contribution is -2.53. The zero-order chi connectivity index (χ0) is 24.2. The summed E-state index contributed by atoms with van der Waals surface area (Å²) in [5, 5.41) is 20.9. The van der Waals surface area contributed by atoms with Gasteiger partial charge in [0.05, 0.1) is 0 Å².